The molecule has 184 valence electrons. The number of esters is 1. The van der Waals surface area contributed by atoms with Gasteiger partial charge in [0.15, 0.2) is 0 Å². The Bertz CT molecular complexity index is 778. The number of nitrogens with one attached hydrogen (secondary N) is 1. The van der Waals surface area contributed by atoms with Crippen molar-refractivity contribution in [3.8, 4) is 0 Å². The van der Waals surface area contributed by atoms with Crippen LogP contribution in [0.5, 0.6) is 0 Å². The first-order chi connectivity index (χ1) is 15.5. The van der Waals surface area contributed by atoms with Crippen molar-refractivity contribution in [2.24, 2.45) is 5.92 Å². The van der Waals surface area contributed by atoms with E-state index in [0.717, 1.165) is 51.6 Å². The third-order valence-corrected chi connectivity index (χ3v) is 6.75. The minimum absolute atomic E-state index is 0.0544. The van der Waals surface area contributed by atoms with Crippen LogP contribution in [-0.2, 0) is 23.8 Å². The van der Waals surface area contributed by atoms with Gasteiger partial charge in [-0.3, -0.25) is 9.59 Å². The lowest BCUT2D eigenvalue weighted by Crippen LogP contribution is -2.43. The first kappa shape index (κ1) is 25.7. The predicted octanol–water partition coefficient (Wildman–Crippen LogP) is 4.79. The van der Waals surface area contributed by atoms with E-state index in [0.29, 0.717) is 5.92 Å². The molecule has 33 heavy (non-hydrogen) atoms. The highest BCUT2D eigenvalue weighted by Crippen LogP contribution is 2.46. The van der Waals surface area contributed by atoms with Crippen LogP contribution in [0, 0.1) is 5.92 Å². The zero-order valence-corrected chi connectivity index (χ0v) is 20.9. The number of hydrogen-bond acceptors (Lipinski definition) is 5. The molecule has 6 heteroatoms. The van der Waals surface area contributed by atoms with Crippen LogP contribution in [0.25, 0.3) is 0 Å². The van der Waals surface area contributed by atoms with Gasteiger partial charge in [-0.2, -0.15) is 0 Å². The Morgan fingerprint density at radius 1 is 1.15 bits per heavy atom. The molecule has 0 unspecified atom stereocenters. The van der Waals surface area contributed by atoms with E-state index in [1.807, 2.05) is 0 Å². The second-order valence-corrected chi connectivity index (χ2v) is 10.7. The summed E-state index contributed by atoms with van der Waals surface area (Å²) in [4.78, 5) is 23.0. The molecule has 3 fully saturated rings. The molecule has 1 amide bonds. The second kappa shape index (κ2) is 11.0. The molecule has 0 aromatic heterocycles. The molecule has 0 radical (unpaired) electrons. The number of carbonyl (C=O) groups is 2. The van der Waals surface area contributed by atoms with Crippen LogP contribution in [0.4, 0.5) is 0 Å². The molecule has 0 aromatic rings. The Balaban J connectivity index is 1.36. The van der Waals surface area contributed by atoms with Gasteiger partial charge >= 0.3 is 5.97 Å². The van der Waals surface area contributed by atoms with E-state index in [1.165, 1.54) is 18.6 Å². The van der Waals surface area contributed by atoms with Crippen LogP contribution < -0.4 is 5.32 Å². The van der Waals surface area contributed by atoms with E-state index >= 15 is 0 Å². The molecule has 1 spiro atoms. The highest BCUT2D eigenvalue weighted by Gasteiger charge is 2.53. The van der Waals surface area contributed by atoms with Crippen molar-refractivity contribution < 1.29 is 23.8 Å². The first-order valence-corrected chi connectivity index (χ1v) is 12.4. The molecular weight excluding hydrogens is 418 g/mol. The van der Waals surface area contributed by atoms with Gasteiger partial charge in [0.25, 0.3) is 0 Å². The molecule has 2 heterocycles. The highest BCUT2D eigenvalue weighted by atomic mass is 16.6. The summed E-state index contributed by atoms with van der Waals surface area (Å²) in [6.45, 7) is 10.4. The molecule has 2 aliphatic heterocycles. The molecular formula is C27H41NO5. The zero-order chi connectivity index (χ0) is 24.1. The van der Waals surface area contributed by atoms with E-state index in [4.69, 9.17) is 14.2 Å². The van der Waals surface area contributed by atoms with Gasteiger partial charge in [0.2, 0.25) is 5.91 Å². The Kier molecular flexibility index (Phi) is 8.57. The monoisotopic (exact) mass is 459 g/mol. The maximum absolute atomic E-state index is 12.1. The molecule has 3 atom stereocenters. The normalized spacial score (nSPS) is 32.8. The van der Waals surface area contributed by atoms with Gasteiger partial charge in [-0.25, -0.2) is 0 Å². The number of epoxide rings is 1. The fraction of sp³-hybridized carbons (Fsp3) is 0.704. The van der Waals surface area contributed by atoms with Gasteiger partial charge < -0.3 is 19.5 Å². The lowest BCUT2D eigenvalue weighted by atomic mass is 9.83. The Morgan fingerprint density at radius 3 is 2.48 bits per heavy atom. The maximum Gasteiger partial charge on any atom is 0.303 e. The van der Waals surface area contributed by atoms with E-state index < -0.39 is 6.10 Å². The quantitative estimate of drug-likeness (QED) is 0.244. The van der Waals surface area contributed by atoms with Gasteiger partial charge in [-0.15, -0.1) is 0 Å². The molecule has 0 bridgehead atoms. The predicted molar refractivity (Wildman–Crippen MR) is 129 cm³/mol. The van der Waals surface area contributed by atoms with Crippen LogP contribution in [0.15, 0.2) is 36.0 Å². The molecule has 1 aliphatic carbocycles. The zero-order valence-electron chi connectivity index (χ0n) is 20.9. The summed E-state index contributed by atoms with van der Waals surface area (Å²) < 4.78 is 17.0. The maximum atomic E-state index is 12.1. The minimum atomic E-state index is -0.396. The van der Waals surface area contributed by atoms with Crippen molar-refractivity contribution in [3.63, 3.8) is 0 Å². The third-order valence-electron chi connectivity index (χ3n) is 6.75. The SMILES string of the molecule is CC(=O)O[C@@H](C)/C=C/C(=O)NC1CCC(C/C=C(C)/C=C/[C@@H]2C[C@]3(CO3)CC(C)(C)O2)CC1. The Hall–Kier alpha value is -1.92. The van der Waals surface area contributed by atoms with Gasteiger partial charge in [0, 0.05) is 31.9 Å². The number of carbonyl (C=O) groups excluding carboxylic acids is 2. The summed E-state index contributed by atoms with van der Waals surface area (Å²) in [6, 6.07) is 0.219. The van der Waals surface area contributed by atoms with E-state index in [1.54, 1.807) is 13.0 Å². The average molecular weight is 460 g/mol. The summed E-state index contributed by atoms with van der Waals surface area (Å²) in [6.07, 6.45) is 16.7. The van der Waals surface area contributed by atoms with Crippen molar-refractivity contribution in [2.45, 2.75) is 109 Å². The standard InChI is InChI=1S/C27H41NO5/c1-19(7-14-24-16-27(18-31-27)17-26(4,5)33-24)6-9-22-10-12-23(13-11-22)28-25(30)15-8-20(2)32-21(3)29/h6-8,14-15,20,22-24H,9-13,16-18H2,1-5H3,(H,28,30)/b14-7+,15-8+,19-6+/t20-,22?,23?,24+,27+/m0/s1. The summed E-state index contributed by atoms with van der Waals surface area (Å²) in [5, 5.41) is 3.07. The van der Waals surface area contributed by atoms with Crippen LogP contribution in [0.2, 0.25) is 0 Å². The lowest BCUT2D eigenvalue weighted by Gasteiger charge is -2.38. The fourth-order valence-electron chi connectivity index (χ4n) is 5.13. The third kappa shape index (κ3) is 8.74. The van der Waals surface area contributed by atoms with Crippen LogP contribution in [0.3, 0.4) is 0 Å². The minimum Gasteiger partial charge on any atom is -0.459 e. The van der Waals surface area contributed by atoms with Crippen LogP contribution >= 0.6 is 0 Å². The number of amides is 1. The second-order valence-electron chi connectivity index (χ2n) is 10.7. The van der Waals surface area contributed by atoms with E-state index in [9.17, 15) is 9.59 Å². The Labute approximate surface area is 198 Å². The number of allylic oxidation sites excluding steroid dienone is 3. The Morgan fingerprint density at radius 2 is 1.85 bits per heavy atom. The molecule has 3 aliphatic rings. The van der Waals surface area contributed by atoms with Gasteiger partial charge in [-0.1, -0.05) is 23.8 Å². The number of rotatable bonds is 8. The largest absolute Gasteiger partial charge is 0.459 e. The summed E-state index contributed by atoms with van der Waals surface area (Å²) >= 11 is 0. The smallest absolute Gasteiger partial charge is 0.303 e. The van der Waals surface area contributed by atoms with Crippen molar-refractivity contribution >= 4 is 11.9 Å². The van der Waals surface area contributed by atoms with E-state index in [2.05, 4.69) is 44.3 Å². The molecule has 2 saturated heterocycles. The van der Waals surface area contributed by atoms with Crippen molar-refractivity contribution in [1.82, 2.24) is 5.32 Å². The topological polar surface area (TPSA) is 77.2 Å². The molecule has 6 nitrogen and oxygen atoms in total. The van der Waals surface area contributed by atoms with Crippen LogP contribution in [0.1, 0.15) is 79.6 Å². The van der Waals surface area contributed by atoms with Crippen molar-refractivity contribution in [1.29, 1.82) is 0 Å². The fourth-order valence-corrected chi connectivity index (χ4v) is 5.13. The number of ether oxygens (including phenoxy) is 3. The van der Waals surface area contributed by atoms with Crippen molar-refractivity contribution in [2.75, 3.05) is 6.61 Å². The molecule has 3 rings (SSSR count). The summed E-state index contributed by atoms with van der Waals surface area (Å²) in [5.74, 6) is 0.192. The summed E-state index contributed by atoms with van der Waals surface area (Å²) in [7, 11) is 0. The van der Waals surface area contributed by atoms with E-state index in [-0.39, 0.29) is 35.2 Å². The number of hydrogen-bond donors (Lipinski definition) is 1. The first-order valence-electron chi connectivity index (χ1n) is 12.4. The van der Waals surface area contributed by atoms with Crippen LogP contribution in [-0.4, -0.2) is 47.9 Å². The van der Waals surface area contributed by atoms with Gasteiger partial charge in [0.05, 0.1) is 23.9 Å². The molecule has 1 saturated carbocycles. The van der Waals surface area contributed by atoms with Gasteiger partial charge in [0.1, 0.15) is 6.10 Å². The highest BCUT2D eigenvalue weighted by molar-refractivity contribution is 5.87. The lowest BCUT2D eigenvalue weighted by molar-refractivity contribution is -0.143. The van der Waals surface area contributed by atoms with Gasteiger partial charge in [-0.05, 0) is 71.8 Å². The average Bonchev–Trinajstić information content (AvgIpc) is 3.46. The van der Waals surface area contributed by atoms with Crippen molar-refractivity contribution in [3.05, 3.63) is 36.0 Å². The molecule has 1 N–H and O–H groups in total. The molecule has 0 aromatic carbocycles. The summed E-state index contributed by atoms with van der Waals surface area (Å²) in [5.41, 5.74) is 1.19.